The summed E-state index contributed by atoms with van der Waals surface area (Å²) in [6.45, 7) is 2.43. The van der Waals surface area contributed by atoms with Gasteiger partial charge in [0.15, 0.2) is 0 Å². The molecule has 0 unspecified atom stereocenters. The molecule has 0 radical (unpaired) electrons. The second-order valence-electron chi connectivity index (χ2n) is 4.41. The summed E-state index contributed by atoms with van der Waals surface area (Å²) in [5.74, 6) is -0.410. The number of aromatic nitrogens is 1. The molecular formula is C15H16N2O3. The molecule has 1 aromatic heterocycles. The van der Waals surface area contributed by atoms with Crippen molar-refractivity contribution in [3.63, 3.8) is 0 Å². The Balaban J connectivity index is 2.17. The minimum Gasteiger partial charge on any atom is -0.481 e. The van der Waals surface area contributed by atoms with E-state index in [0.717, 1.165) is 11.1 Å². The largest absolute Gasteiger partial charge is 0.481 e. The Labute approximate surface area is 117 Å². The second kappa shape index (κ2) is 6.06. The molecule has 0 bridgehead atoms. The van der Waals surface area contributed by atoms with E-state index in [1.54, 1.807) is 25.4 Å². The Kier molecular flexibility index (Phi) is 4.20. The number of ether oxygens (including phenoxy) is 1. The molecule has 5 heteroatoms. The molecule has 1 aromatic carbocycles. The zero-order chi connectivity index (χ0) is 14.5. The zero-order valence-corrected chi connectivity index (χ0v) is 11.4. The van der Waals surface area contributed by atoms with Crippen molar-refractivity contribution in [1.29, 1.82) is 0 Å². The fourth-order valence-electron chi connectivity index (χ4n) is 1.86. The van der Waals surface area contributed by atoms with Crippen LogP contribution < -0.4 is 10.1 Å². The summed E-state index contributed by atoms with van der Waals surface area (Å²) >= 11 is 0. The maximum absolute atomic E-state index is 11.2. The smallest absolute Gasteiger partial charge is 0.337 e. The van der Waals surface area contributed by atoms with Crippen LogP contribution >= 0.6 is 0 Å². The predicted octanol–water partition coefficient (Wildman–Crippen LogP) is 2.71. The quantitative estimate of drug-likeness (QED) is 0.875. The highest BCUT2D eigenvalue weighted by Crippen LogP contribution is 2.19. The van der Waals surface area contributed by atoms with Crippen LogP contribution in [-0.2, 0) is 6.54 Å². The van der Waals surface area contributed by atoms with Gasteiger partial charge < -0.3 is 15.2 Å². The van der Waals surface area contributed by atoms with Gasteiger partial charge in [-0.15, -0.1) is 0 Å². The molecule has 2 rings (SSSR count). The van der Waals surface area contributed by atoms with Gasteiger partial charge >= 0.3 is 5.97 Å². The van der Waals surface area contributed by atoms with Crippen molar-refractivity contribution in [2.24, 2.45) is 0 Å². The molecule has 0 aliphatic heterocycles. The maximum atomic E-state index is 11.2. The average Bonchev–Trinajstić information content (AvgIpc) is 2.45. The van der Waals surface area contributed by atoms with Crippen LogP contribution in [0, 0.1) is 6.92 Å². The van der Waals surface area contributed by atoms with Gasteiger partial charge in [-0.2, -0.15) is 0 Å². The number of hydrogen-bond donors (Lipinski definition) is 2. The summed E-state index contributed by atoms with van der Waals surface area (Å²) in [5, 5.41) is 12.3. The third kappa shape index (κ3) is 3.26. The summed E-state index contributed by atoms with van der Waals surface area (Å²) in [7, 11) is 1.56. The molecule has 0 aliphatic rings. The fourth-order valence-corrected chi connectivity index (χ4v) is 1.86. The van der Waals surface area contributed by atoms with Gasteiger partial charge in [0.2, 0.25) is 5.88 Å². The molecule has 2 aromatic rings. The molecule has 20 heavy (non-hydrogen) atoms. The van der Waals surface area contributed by atoms with E-state index >= 15 is 0 Å². The molecule has 0 aliphatic carbocycles. The maximum Gasteiger partial charge on any atom is 0.337 e. The van der Waals surface area contributed by atoms with Crippen LogP contribution in [0.25, 0.3) is 0 Å². The van der Waals surface area contributed by atoms with Crippen molar-refractivity contribution in [1.82, 2.24) is 4.98 Å². The van der Waals surface area contributed by atoms with Gasteiger partial charge in [0.1, 0.15) is 0 Å². The topological polar surface area (TPSA) is 71.5 Å². The van der Waals surface area contributed by atoms with Crippen LogP contribution in [-0.4, -0.2) is 23.2 Å². The number of pyridine rings is 1. The summed E-state index contributed by atoms with van der Waals surface area (Å²) in [4.78, 5) is 15.2. The summed E-state index contributed by atoms with van der Waals surface area (Å²) in [6.07, 6.45) is 1.66. The van der Waals surface area contributed by atoms with Crippen LogP contribution in [0.5, 0.6) is 5.88 Å². The molecule has 104 valence electrons. The molecule has 2 N–H and O–H groups in total. The monoisotopic (exact) mass is 272 g/mol. The number of aryl methyl sites for hydroxylation is 1. The number of carbonyl (C=O) groups is 1. The highest BCUT2D eigenvalue weighted by atomic mass is 16.5. The van der Waals surface area contributed by atoms with Crippen molar-refractivity contribution in [3.8, 4) is 5.88 Å². The lowest BCUT2D eigenvalue weighted by molar-refractivity contribution is 0.0698. The van der Waals surface area contributed by atoms with Crippen LogP contribution in [0.4, 0.5) is 5.69 Å². The normalized spacial score (nSPS) is 10.1. The number of nitrogens with zero attached hydrogens (tertiary/aromatic N) is 1. The van der Waals surface area contributed by atoms with E-state index in [9.17, 15) is 4.79 Å². The zero-order valence-electron chi connectivity index (χ0n) is 11.4. The number of rotatable bonds is 5. The lowest BCUT2D eigenvalue weighted by atomic mass is 10.1. The first-order valence-corrected chi connectivity index (χ1v) is 6.17. The van der Waals surface area contributed by atoms with E-state index in [4.69, 9.17) is 9.84 Å². The number of carboxylic acid groups (broad SMARTS) is 1. The van der Waals surface area contributed by atoms with Gasteiger partial charge in [0.05, 0.1) is 12.7 Å². The first-order valence-electron chi connectivity index (χ1n) is 6.17. The van der Waals surface area contributed by atoms with E-state index in [-0.39, 0.29) is 5.56 Å². The van der Waals surface area contributed by atoms with Crippen molar-refractivity contribution >= 4 is 11.7 Å². The Morgan fingerprint density at radius 1 is 1.35 bits per heavy atom. The SMILES string of the molecule is COc1cc(CNc2cc(C)ccc2C(=O)O)ccn1. The third-order valence-electron chi connectivity index (χ3n) is 2.90. The number of nitrogens with one attached hydrogen (secondary N) is 1. The highest BCUT2D eigenvalue weighted by Gasteiger charge is 2.09. The standard InChI is InChI=1S/C15H16N2O3/c1-10-3-4-12(15(18)19)13(7-10)17-9-11-5-6-16-14(8-11)20-2/h3-8,17H,9H2,1-2H3,(H,18,19). The Morgan fingerprint density at radius 3 is 2.85 bits per heavy atom. The summed E-state index contributed by atoms with van der Waals surface area (Å²) in [5.41, 5.74) is 2.84. The second-order valence-corrected chi connectivity index (χ2v) is 4.41. The minimum atomic E-state index is -0.945. The van der Waals surface area contributed by atoms with Gasteiger partial charge in [-0.05, 0) is 36.2 Å². The van der Waals surface area contributed by atoms with Crippen molar-refractivity contribution in [3.05, 3.63) is 53.2 Å². The van der Waals surface area contributed by atoms with Crippen molar-refractivity contribution in [2.45, 2.75) is 13.5 Å². The molecule has 5 nitrogen and oxygen atoms in total. The molecule has 0 fully saturated rings. The minimum absolute atomic E-state index is 0.261. The number of carboxylic acids is 1. The molecule has 0 saturated carbocycles. The molecular weight excluding hydrogens is 256 g/mol. The highest BCUT2D eigenvalue weighted by molar-refractivity contribution is 5.94. The first kappa shape index (κ1) is 13.9. The van der Waals surface area contributed by atoms with Crippen molar-refractivity contribution in [2.75, 3.05) is 12.4 Å². The van der Waals surface area contributed by atoms with E-state index < -0.39 is 5.97 Å². The fraction of sp³-hybridized carbons (Fsp3) is 0.200. The van der Waals surface area contributed by atoms with Crippen LogP contribution in [0.2, 0.25) is 0 Å². The van der Waals surface area contributed by atoms with Gasteiger partial charge in [0.25, 0.3) is 0 Å². The number of hydrogen-bond acceptors (Lipinski definition) is 4. The molecule has 0 saturated heterocycles. The molecule has 0 amide bonds. The lowest BCUT2D eigenvalue weighted by Crippen LogP contribution is -2.07. The van der Waals surface area contributed by atoms with Gasteiger partial charge in [-0.25, -0.2) is 9.78 Å². The van der Waals surface area contributed by atoms with Crippen LogP contribution in [0.3, 0.4) is 0 Å². The number of anilines is 1. The van der Waals surface area contributed by atoms with E-state index in [1.165, 1.54) is 0 Å². The number of aromatic carboxylic acids is 1. The number of benzene rings is 1. The lowest BCUT2D eigenvalue weighted by Gasteiger charge is -2.11. The predicted molar refractivity (Wildman–Crippen MR) is 76.3 cm³/mol. The Morgan fingerprint density at radius 2 is 2.15 bits per heavy atom. The van der Waals surface area contributed by atoms with Crippen LogP contribution in [0.15, 0.2) is 36.5 Å². The van der Waals surface area contributed by atoms with Gasteiger partial charge in [-0.3, -0.25) is 0 Å². The Hall–Kier alpha value is -2.56. The third-order valence-corrected chi connectivity index (χ3v) is 2.90. The first-order chi connectivity index (χ1) is 9.60. The van der Waals surface area contributed by atoms with Gasteiger partial charge in [-0.1, -0.05) is 6.07 Å². The van der Waals surface area contributed by atoms with E-state index in [2.05, 4.69) is 10.3 Å². The summed E-state index contributed by atoms with van der Waals surface area (Å²) in [6, 6.07) is 8.87. The average molecular weight is 272 g/mol. The molecule has 0 atom stereocenters. The van der Waals surface area contributed by atoms with E-state index in [1.807, 2.05) is 25.1 Å². The molecule has 0 spiro atoms. The molecule has 1 heterocycles. The summed E-state index contributed by atoms with van der Waals surface area (Å²) < 4.78 is 5.05. The Bertz CT molecular complexity index is 626. The van der Waals surface area contributed by atoms with Crippen LogP contribution in [0.1, 0.15) is 21.5 Å². The number of methoxy groups -OCH3 is 1. The van der Waals surface area contributed by atoms with E-state index in [0.29, 0.717) is 18.1 Å². The van der Waals surface area contributed by atoms with Crippen molar-refractivity contribution < 1.29 is 14.6 Å². The van der Waals surface area contributed by atoms with Gasteiger partial charge in [0, 0.05) is 24.5 Å².